The third kappa shape index (κ3) is 4.96. The zero-order valence-electron chi connectivity index (χ0n) is 15.1. The van der Waals surface area contributed by atoms with Crippen molar-refractivity contribution in [3.05, 3.63) is 44.9 Å². The molecule has 0 radical (unpaired) electrons. The Morgan fingerprint density at radius 2 is 1.96 bits per heavy atom. The maximum atomic E-state index is 5.72. The highest BCUT2D eigenvalue weighted by atomic mass is 32.1. The zero-order valence-corrected chi connectivity index (χ0v) is 15.9. The number of aryl methyl sites for hydroxylation is 3. The van der Waals surface area contributed by atoms with Gasteiger partial charge in [-0.05, 0) is 39.3 Å². The summed E-state index contributed by atoms with van der Waals surface area (Å²) in [7, 11) is 1.77. The lowest BCUT2D eigenvalue weighted by atomic mass is 10.1. The van der Waals surface area contributed by atoms with Crippen LogP contribution >= 0.6 is 11.3 Å². The second kappa shape index (κ2) is 8.68. The van der Waals surface area contributed by atoms with E-state index in [1.54, 1.807) is 18.4 Å². The molecular formula is C18H26N4OS. The van der Waals surface area contributed by atoms with Crippen LogP contribution in [0.3, 0.4) is 0 Å². The van der Waals surface area contributed by atoms with Crippen molar-refractivity contribution in [1.82, 2.24) is 15.6 Å². The lowest BCUT2D eigenvalue weighted by Crippen LogP contribution is -2.36. The molecular weight excluding hydrogens is 320 g/mol. The summed E-state index contributed by atoms with van der Waals surface area (Å²) in [4.78, 5) is 10.1. The van der Waals surface area contributed by atoms with E-state index < -0.39 is 0 Å². The van der Waals surface area contributed by atoms with Gasteiger partial charge in [-0.1, -0.05) is 12.1 Å². The first-order valence-electron chi connectivity index (χ1n) is 8.13. The van der Waals surface area contributed by atoms with E-state index in [4.69, 9.17) is 4.74 Å². The molecule has 1 heterocycles. The molecule has 5 nitrogen and oxygen atoms in total. The monoisotopic (exact) mass is 346 g/mol. The first-order valence-corrected chi connectivity index (χ1v) is 8.94. The molecule has 0 aliphatic heterocycles. The van der Waals surface area contributed by atoms with E-state index in [-0.39, 0.29) is 0 Å². The molecule has 0 spiro atoms. The molecule has 0 amide bonds. The van der Waals surface area contributed by atoms with Gasteiger partial charge in [-0.15, -0.1) is 11.3 Å². The number of rotatable bonds is 6. The average Bonchev–Trinajstić information content (AvgIpc) is 2.88. The summed E-state index contributed by atoms with van der Waals surface area (Å²) in [6.07, 6.45) is 0. The van der Waals surface area contributed by atoms with Gasteiger partial charge < -0.3 is 15.4 Å². The van der Waals surface area contributed by atoms with Crippen LogP contribution in [0.15, 0.2) is 23.2 Å². The summed E-state index contributed by atoms with van der Waals surface area (Å²) in [5, 5.41) is 7.70. The van der Waals surface area contributed by atoms with Crippen molar-refractivity contribution in [2.24, 2.45) is 4.99 Å². The van der Waals surface area contributed by atoms with Crippen LogP contribution in [0, 0.1) is 20.8 Å². The van der Waals surface area contributed by atoms with Crippen LogP contribution in [0.5, 0.6) is 5.75 Å². The second-order valence-corrected chi connectivity index (χ2v) is 6.86. The summed E-state index contributed by atoms with van der Waals surface area (Å²) in [6, 6.07) is 6.25. The maximum Gasteiger partial charge on any atom is 0.191 e. The molecule has 1 aromatic heterocycles. The molecule has 2 rings (SSSR count). The molecule has 0 aliphatic rings. The Kier molecular flexibility index (Phi) is 6.61. The number of benzene rings is 1. The van der Waals surface area contributed by atoms with E-state index in [1.807, 2.05) is 13.8 Å². The van der Waals surface area contributed by atoms with Gasteiger partial charge in [-0.25, -0.2) is 4.98 Å². The predicted molar refractivity (Wildman–Crippen MR) is 101 cm³/mol. The van der Waals surface area contributed by atoms with E-state index in [9.17, 15) is 0 Å². The van der Waals surface area contributed by atoms with Crippen LogP contribution in [0.25, 0.3) is 0 Å². The highest BCUT2D eigenvalue weighted by Crippen LogP contribution is 2.20. The molecule has 0 saturated carbocycles. The Bertz CT molecular complexity index is 690. The van der Waals surface area contributed by atoms with Gasteiger partial charge in [-0.2, -0.15) is 0 Å². The van der Waals surface area contributed by atoms with Gasteiger partial charge in [0.05, 0.1) is 18.8 Å². The lowest BCUT2D eigenvalue weighted by Gasteiger charge is -2.14. The Labute approximate surface area is 148 Å². The molecule has 2 aromatic rings. The molecule has 0 bridgehead atoms. The second-order valence-electron chi connectivity index (χ2n) is 5.57. The van der Waals surface area contributed by atoms with Crippen LogP contribution in [0.4, 0.5) is 0 Å². The number of thiazole rings is 1. The summed E-state index contributed by atoms with van der Waals surface area (Å²) in [5.74, 6) is 1.68. The maximum absolute atomic E-state index is 5.72. The number of aromatic nitrogens is 1. The number of hydrogen-bond acceptors (Lipinski definition) is 4. The van der Waals surface area contributed by atoms with Crippen molar-refractivity contribution >= 4 is 17.3 Å². The van der Waals surface area contributed by atoms with E-state index >= 15 is 0 Å². The molecule has 130 valence electrons. The van der Waals surface area contributed by atoms with Crippen molar-refractivity contribution in [3.63, 3.8) is 0 Å². The third-order valence-electron chi connectivity index (χ3n) is 3.67. The Hall–Kier alpha value is -2.08. The van der Waals surface area contributed by atoms with Gasteiger partial charge in [-0.3, -0.25) is 4.99 Å². The molecule has 0 saturated heterocycles. The van der Waals surface area contributed by atoms with E-state index in [2.05, 4.69) is 52.7 Å². The summed E-state index contributed by atoms with van der Waals surface area (Å²) < 4.78 is 5.72. The molecule has 1 aromatic carbocycles. The number of ether oxygens (including phenoxy) is 1. The Morgan fingerprint density at radius 3 is 2.58 bits per heavy atom. The number of hydrogen-bond donors (Lipinski definition) is 2. The van der Waals surface area contributed by atoms with Gasteiger partial charge in [0.15, 0.2) is 5.96 Å². The average molecular weight is 347 g/mol. The highest BCUT2D eigenvalue weighted by molar-refractivity contribution is 7.11. The lowest BCUT2D eigenvalue weighted by molar-refractivity contribution is 0.336. The van der Waals surface area contributed by atoms with Crippen molar-refractivity contribution in [3.8, 4) is 5.75 Å². The van der Waals surface area contributed by atoms with Gasteiger partial charge in [0, 0.05) is 24.0 Å². The molecule has 0 atom stereocenters. The minimum atomic E-state index is 0.658. The fraction of sp³-hybridized carbons (Fsp3) is 0.444. The van der Waals surface area contributed by atoms with Gasteiger partial charge in [0.25, 0.3) is 0 Å². The normalized spacial score (nSPS) is 11.5. The van der Waals surface area contributed by atoms with Gasteiger partial charge in [0.1, 0.15) is 10.8 Å². The van der Waals surface area contributed by atoms with Crippen LogP contribution in [0.2, 0.25) is 0 Å². The molecule has 0 fully saturated rings. The number of aliphatic imine (C=N–C) groups is 1. The molecule has 24 heavy (non-hydrogen) atoms. The molecule has 2 N–H and O–H groups in total. The van der Waals surface area contributed by atoms with E-state index in [1.165, 1.54) is 10.4 Å². The molecule has 0 aliphatic carbocycles. The van der Waals surface area contributed by atoms with Crippen molar-refractivity contribution < 1.29 is 4.74 Å². The number of guanidine groups is 1. The van der Waals surface area contributed by atoms with Gasteiger partial charge in [0.2, 0.25) is 0 Å². The Morgan fingerprint density at radius 1 is 1.21 bits per heavy atom. The summed E-state index contributed by atoms with van der Waals surface area (Å²) in [5.41, 5.74) is 3.41. The van der Waals surface area contributed by atoms with Crippen LogP contribution in [0.1, 0.15) is 33.6 Å². The largest absolute Gasteiger partial charge is 0.494 e. The summed E-state index contributed by atoms with van der Waals surface area (Å²) >= 11 is 1.72. The minimum Gasteiger partial charge on any atom is -0.494 e. The van der Waals surface area contributed by atoms with Gasteiger partial charge >= 0.3 is 0 Å². The number of nitrogens with zero attached hydrogens (tertiary/aromatic N) is 2. The van der Waals surface area contributed by atoms with E-state index in [0.717, 1.165) is 28.0 Å². The van der Waals surface area contributed by atoms with Crippen LogP contribution in [-0.2, 0) is 13.1 Å². The predicted octanol–water partition coefficient (Wildman–Crippen LogP) is 3.33. The molecule has 6 heteroatoms. The fourth-order valence-electron chi connectivity index (χ4n) is 2.27. The smallest absolute Gasteiger partial charge is 0.191 e. The van der Waals surface area contributed by atoms with Crippen molar-refractivity contribution in [1.29, 1.82) is 0 Å². The van der Waals surface area contributed by atoms with E-state index in [0.29, 0.717) is 19.7 Å². The van der Waals surface area contributed by atoms with Crippen molar-refractivity contribution in [2.75, 3.05) is 13.7 Å². The SMILES string of the molecule is CCOc1cc(C)ccc1CNC(=NC)NCc1nc(C)c(C)s1. The minimum absolute atomic E-state index is 0.658. The highest BCUT2D eigenvalue weighted by Gasteiger charge is 2.07. The number of nitrogens with one attached hydrogen (secondary N) is 2. The first-order chi connectivity index (χ1) is 11.5. The van der Waals surface area contributed by atoms with Crippen molar-refractivity contribution in [2.45, 2.75) is 40.8 Å². The summed E-state index contributed by atoms with van der Waals surface area (Å²) in [6.45, 7) is 10.2. The Balaban J connectivity index is 1.94. The zero-order chi connectivity index (χ0) is 17.5. The van der Waals surface area contributed by atoms with Crippen LogP contribution in [-0.4, -0.2) is 24.6 Å². The molecule has 0 unspecified atom stereocenters. The topological polar surface area (TPSA) is 58.5 Å². The third-order valence-corrected chi connectivity index (χ3v) is 4.75. The first kappa shape index (κ1) is 18.3. The van der Waals surface area contributed by atoms with Crippen LogP contribution < -0.4 is 15.4 Å². The quantitative estimate of drug-likeness (QED) is 0.622. The fourth-order valence-corrected chi connectivity index (χ4v) is 3.15. The standard InChI is InChI=1S/C18H26N4OS/c1-6-23-16-9-12(2)7-8-15(16)10-20-18(19-5)21-11-17-22-13(3)14(4)24-17/h7-9H,6,10-11H2,1-5H3,(H2,19,20,21).